The third-order valence-electron chi connectivity index (χ3n) is 3.79. The fourth-order valence-electron chi connectivity index (χ4n) is 2.29. The molecule has 0 aliphatic heterocycles. The van der Waals surface area contributed by atoms with Crippen LogP contribution >= 0.6 is 11.3 Å². The molecule has 0 aliphatic carbocycles. The van der Waals surface area contributed by atoms with Crippen molar-refractivity contribution in [3.8, 4) is 17.2 Å². The van der Waals surface area contributed by atoms with E-state index in [2.05, 4.69) is 39.8 Å². The van der Waals surface area contributed by atoms with Gasteiger partial charge in [0, 0.05) is 19.0 Å². The van der Waals surface area contributed by atoms with Gasteiger partial charge in [-0.2, -0.15) is 0 Å². The normalized spacial score (nSPS) is 11.5. The van der Waals surface area contributed by atoms with E-state index in [9.17, 15) is 5.11 Å². The van der Waals surface area contributed by atoms with Gasteiger partial charge in [-0.05, 0) is 23.6 Å². The number of hydrogen-bond donors (Lipinski definition) is 3. The minimum absolute atomic E-state index is 0.00835. The Morgan fingerprint density at radius 1 is 1.19 bits per heavy atom. The largest absolute Gasteiger partial charge is 0.502 e. The standard InChI is InChI=1S/C18H26N4O3S/c1-11(2)13-10-26-16(22-13)9-21-18(19-3)20-8-12-6-14(24-4)17(23)15(7-12)25-5/h6-7,10-11,23H,8-9H2,1-5H3,(H2,19,20,21). The van der Waals surface area contributed by atoms with Crippen LogP contribution in [0.25, 0.3) is 0 Å². The number of nitrogens with one attached hydrogen (secondary N) is 2. The van der Waals surface area contributed by atoms with Crippen molar-refractivity contribution in [3.05, 3.63) is 33.8 Å². The molecule has 3 N–H and O–H groups in total. The van der Waals surface area contributed by atoms with Gasteiger partial charge < -0.3 is 25.2 Å². The molecule has 7 nitrogen and oxygen atoms in total. The van der Waals surface area contributed by atoms with Gasteiger partial charge in [-0.3, -0.25) is 4.99 Å². The molecule has 0 aliphatic rings. The zero-order valence-corrected chi connectivity index (χ0v) is 16.6. The summed E-state index contributed by atoms with van der Waals surface area (Å²) in [6.45, 7) is 5.38. The van der Waals surface area contributed by atoms with Gasteiger partial charge in [0.2, 0.25) is 5.75 Å². The lowest BCUT2D eigenvalue weighted by Gasteiger charge is -2.14. The lowest BCUT2D eigenvalue weighted by Crippen LogP contribution is -2.36. The van der Waals surface area contributed by atoms with E-state index in [4.69, 9.17) is 9.47 Å². The van der Waals surface area contributed by atoms with Gasteiger partial charge in [0.15, 0.2) is 17.5 Å². The number of aliphatic imine (C=N–C) groups is 1. The van der Waals surface area contributed by atoms with E-state index >= 15 is 0 Å². The van der Waals surface area contributed by atoms with Crippen molar-refractivity contribution in [3.63, 3.8) is 0 Å². The summed E-state index contributed by atoms with van der Waals surface area (Å²) in [4.78, 5) is 8.82. The fraction of sp³-hybridized carbons (Fsp3) is 0.444. The quantitative estimate of drug-likeness (QED) is 0.507. The van der Waals surface area contributed by atoms with Gasteiger partial charge in [0.05, 0.1) is 26.5 Å². The molecule has 2 aromatic rings. The number of nitrogens with zero attached hydrogens (tertiary/aromatic N) is 2. The maximum atomic E-state index is 9.98. The Bertz CT molecular complexity index is 734. The number of hydrogen-bond acceptors (Lipinski definition) is 6. The first-order chi connectivity index (χ1) is 12.5. The topological polar surface area (TPSA) is 88.0 Å². The molecule has 1 aromatic carbocycles. The molecule has 0 amide bonds. The smallest absolute Gasteiger partial charge is 0.200 e. The van der Waals surface area contributed by atoms with Crippen molar-refractivity contribution < 1.29 is 14.6 Å². The van der Waals surface area contributed by atoms with Crippen LogP contribution in [0, 0.1) is 0 Å². The van der Waals surface area contributed by atoms with E-state index in [-0.39, 0.29) is 5.75 Å². The molecule has 0 fully saturated rings. The van der Waals surface area contributed by atoms with Crippen LogP contribution < -0.4 is 20.1 Å². The van der Waals surface area contributed by atoms with Crippen LogP contribution in [0.4, 0.5) is 0 Å². The number of aromatic nitrogens is 1. The number of ether oxygens (including phenoxy) is 2. The second-order valence-electron chi connectivity index (χ2n) is 5.95. The van der Waals surface area contributed by atoms with Crippen LogP contribution in [0.5, 0.6) is 17.2 Å². The van der Waals surface area contributed by atoms with E-state index < -0.39 is 0 Å². The summed E-state index contributed by atoms with van der Waals surface area (Å²) in [5, 5.41) is 19.6. The van der Waals surface area contributed by atoms with Crippen LogP contribution in [0.3, 0.4) is 0 Å². The molecule has 26 heavy (non-hydrogen) atoms. The molecule has 2 rings (SSSR count). The molecule has 0 saturated heterocycles. The molecule has 0 radical (unpaired) electrons. The van der Waals surface area contributed by atoms with Crippen LogP contribution in [-0.2, 0) is 13.1 Å². The van der Waals surface area contributed by atoms with Gasteiger partial charge >= 0.3 is 0 Å². The van der Waals surface area contributed by atoms with Crippen molar-refractivity contribution in [2.45, 2.75) is 32.9 Å². The predicted octanol–water partition coefficient (Wildman–Crippen LogP) is 2.85. The lowest BCUT2D eigenvalue weighted by molar-refractivity contribution is 0.339. The monoisotopic (exact) mass is 378 g/mol. The van der Waals surface area contributed by atoms with Crippen molar-refractivity contribution in [2.24, 2.45) is 4.99 Å². The van der Waals surface area contributed by atoms with Crippen molar-refractivity contribution in [1.82, 2.24) is 15.6 Å². The number of benzene rings is 1. The van der Waals surface area contributed by atoms with E-state index in [0.29, 0.717) is 36.5 Å². The Kier molecular flexibility index (Phi) is 7.08. The van der Waals surface area contributed by atoms with E-state index in [1.54, 1.807) is 30.5 Å². The van der Waals surface area contributed by atoms with Crippen LogP contribution in [-0.4, -0.2) is 37.3 Å². The van der Waals surface area contributed by atoms with Gasteiger partial charge in [-0.15, -0.1) is 11.3 Å². The third-order valence-corrected chi connectivity index (χ3v) is 4.66. The summed E-state index contributed by atoms with van der Waals surface area (Å²) in [6, 6.07) is 3.52. The number of methoxy groups -OCH3 is 2. The number of thiazole rings is 1. The summed E-state index contributed by atoms with van der Waals surface area (Å²) in [5.41, 5.74) is 2.01. The Balaban J connectivity index is 1.96. The molecule has 1 aromatic heterocycles. The highest BCUT2D eigenvalue weighted by atomic mass is 32.1. The highest BCUT2D eigenvalue weighted by molar-refractivity contribution is 7.09. The molecule has 142 valence electrons. The van der Waals surface area contributed by atoms with Crippen LogP contribution in [0.15, 0.2) is 22.5 Å². The summed E-state index contributed by atoms with van der Waals surface area (Å²) < 4.78 is 10.4. The predicted molar refractivity (Wildman–Crippen MR) is 104 cm³/mol. The average molecular weight is 378 g/mol. The first kappa shape index (κ1) is 19.8. The number of aromatic hydroxyl groups is 1. The molecule has 8 heteroatoms. The van der Waals surface area contributed by atoms with E-state index in [1.165, 1.54) is 14.2 Å². The van der Waals surface area contributed by atoms with Gasteiger partial charge in [-0.25, -0.2) is 4.98 Å². The van der Waals surface area contributed by atoms with Crippen molar-refractivity contribution in [2.75, 3.05) is 21.3 Å². The molecule has 0 atom stereocenters. The van der Waals surface area contributed by atoms with Crippen LogP contribution in [0.2, 0.25) is 0 Å². The second kappa shape index (κ2) is 9.28. The fourth-order valence-corrected chi connectivity index (χ4v) is 3.18. The molecule has 0 bridgehead atoms. The number of guanidine groups is 1. The summed E-state index contributed by atoms with van der Waals surface area (Å²) >= 11 is 1.64. The van der Waals surface area contributed by atoms with E-state index in [1.807, 2.05) is 0 Å². The van der Waals surface area contributed by atoms with Crippen molar-refractivity contribution in [1.29, 1.82) is 0 Å². The Labute approximate surface area is 158 Å². The highest BCUT2D eigenvalue weighted by Crippen LogP contribution is 2.36. The molecule has 0 unspecified atom stereocenters. The lowest BCUT2D eigenvalue weighted by atomic mass is 10.2. The zero-order valence-electron chi connectivity index (χ0n) is 15.8. The Morgan fingerprint density at radius 3 is 2.31 bits per heavy atom. The number of rotatable bonds is 7. The molecule has 0 saturated carbocycles. The molecular formula is C18H26N4O3S. The average Bonchev–Trinajstić information content (AvgIpc) is 3.12. The third kappa shape index (κ3) is 5.01. The maximum absolute atomic E-state index is 9.98. The minimum Gasteiger partial charge on any atom is -0.502 e. The number of phenols is 1. The first-order valence-corrected chi connectivity index (χ1v) is 9.19. The maximum Gasteiger partial charge on any atom is 0.200 e. The summed E-state index contributed by atoms with van der Waals surface area (Å²) in [7, 11) is 4.73. The number of phenolic OH excluding ortho intramolecular Hbond substituents is 1. The van der Waals surface area contributed by atoms with E-state index in [0.717, 1.165) is 16.3 Å². The Morgan fingerprint density at radius 2 is 1.81 bits per heavy atom. The molecule has 0 spiro atoms. The zero-order chi connectivity index (χ0) is 19.1. The SMILES string of the molecule is CN=C(NCc1cc(OC)c(O)c(OC)c1)NCc1nc(C(C)C)cs1. The summed E-state index contributed by atoms with van der Waals surface area (Å²) in [6.07, 6.45) is 0. The van der Waals surface area contributed by atoms with Crippen molar-refractivity contribution >= 4 is 17.3 Å². The molecular weight excluding hydrogens is 352 g/mol. The molecule has 1 heterocycles. The second-order valence-corrected chi connectivity index (χ2v) is 6.89. The highest BCUT2D eigenvalue weighted by Gasteiger charge is 2.12. The summed E-state index contributed by atoms with van der Waals surface area (Å²) in [5.74, 6) is 1.82. The Hall–Kier alpha value is -2.48. The van der Waals surface area contributed by atoms with Gasteiger partial charge in [-0.1, -0.05) is 13.8 Å². The van der Waals surface area contributed by atoms with Gasteiger partial charge in [0.25, 0.3) is 0 Å². The first-order valence-electron chi connectivity index (χ1n) is 8.31. The van der Waals surface area contributed by atoms with Gasteiger partial charge in [0.1, 0.15) is 5.01 Å². The van der Waals surface area contributed by atoms with Crippen LogP contribution in [0.1, 0.15) is 36.0 Å². The minimum atomic E-state index is -0.00835.